The fourth-order valence-electron chi connectivity index (χ4n) is 4.25. The highest BCUT2D eigenvalue weighted by atomic mass is 32.2. The van der Waals surface area contributed by atoms with Gasteiger partial charge in [0.15, 0.2) is 5.78 Å². The van der Waals surface area contributed by atoms with E-state index in [4.69, 9.17) is 0 Å². The Bertz CT molecular complexity index is 1070. The summed E-state index contributed by atoms with van der Waals surface area (Å²) in [5.74, 6) is -0.467. The quantitative estimate of drug-likeness (QED) is 0.106. The Balaban J connectivity index is 2.28. The molecule has 1 aromatic carbocycles. The highest BCUT2D eigenvalue weighted by Crippen LogP contribution is 2.35. The predicted molar refractivity (Wildman–Crippen MR) is 177 cm³/mol. The summed E-state index contributed by atoms with van der Waals surface area (Å²) < 4.78 is -0.472. The summed E-state index contributed by atoms with van der Waals surface area (Å²) in [5.41, 5.74) is 0.452. The number of benzene rings is 1. The van der Waals surface area contributed by atoms with Crippen molar-refractivity contribution >= 4 is 23.5 Å². The number of hydrogen-bond acceptors (Lipinski definition) is 4. The lowest BCUT2D eigenvalue weighted by Crippen LogP contribution is -2.35. The smallest absolute Gasteiger partial charge is 0.339 e. The standard InChI is InChI=1S/C36H50O4S/c1-4-7-8-9-10-11-12-13-14-15-16-17-18-19-20-21-22-23-24-25-28-41-36(5-2,6-3)34(38)30-31-26-27-33(37)32(29-31)35(39)40/h7-8,10-11,13-14,16-17,19-20,22-23,26-27,29,37H,4-6,9,12,15,18,21,24-25,28,30H2,1-3H3,(H,39,40)/b8-7-,11-10-,14-13-,17-16-,20-19-,23-22-. The molecule has 4 nitrogen and oxygen atoms in total. The Hall–Kier alpha value is -3.05. The van der Waals surface area contributed by atoms with Crippen molar-refractivity contribution in [3.63, 3.8) is 0 Å². The van der Waals surface area contributed by atoms with E-state index in [9.17, 15) is 19.8 Å². The number of carbonyl (C=O) groups is 2. The number of phenols is 1. The highest BCUT2D eigenvalue weighted by molar-refractivity contribution is 8.01. The summed E-state index contributed by atoms with van der Waals surface area (Å²) >= 11 is 1.72. The zero-order valence-corrected chi connectivity index (χ0v) is 26.1. The van der Waals surface area contributed by atoms with E-state index >= 15 is 0 Å². The molecule has 0 radical (unpaired) electrons. The van der Waals surface area contributed by atoms with Crippen molar-refractivity contribution < 1.29 is 19.8 Å². The molecule has 0 amide bonds. The molecule has 0 unspecified atom stereocenters. The van der Waals surface area contributed by atoms with Gasteiger partial charge in [-0.05, 0) is 87.7 Å². The first-order valence-corrected chi connectivity index (χ1v) is 16.0. The number of Topliss-reactive ketones (excluding diaryl/α,β-unsaturated/α-hetero) is 1. The first-order chi connectivity index (χ1) is 19.9. The van der Waals surface area contributed by atoms with Crippen molar-refractivity contribution in [2.75, 3.05) is 5.75 Å². The van der Waals surface area contributed by atoms with E-state index in [1.54, 1.807) is 17.8 Å². The summed E-state index contributed by atoms with van der Waals surface area (Å²) in [4.78, 5) is 24.6. The Morgan fingerprint density at radius 3 is 1.71 bits per heavy atom. The molecule has 2 N–H and O–H groups in total. The molecule has 1 aromatic rings. The Morgan fingerprint density at radius 2 is 1.24 bits per heavy atom. The van der Waals surface area contributed by atoms with Crippen LogP contribution in [-0.4, -0.2) is 32.5 Å². The Morgan fingerprint density at radius 1 is 0.756 bits per heavy atom. The van der Waals surface area contributed by atoms with E-state index < -0.39 is 10.7 Å². The maximum Gasteiger partial charge on any atom is 0.339 e. The lowest BCUT2D eigenvalue weighted by atomic mass is 9.91. The number of carboxylic acids is 1. The molecule has 0 saturated carbocycles. The van der Waals surface area contributed by atoms with E-state index in [1.807, 2.05) is 13.8 Å². The summed E-state index contributed by atoms with van der Waals surface area (Å²) in [6.45, 7) is 6.23. The summed E-state index contributed by atoms with van der Waals surface area (Å²) in [6.07, 6.45) is 36.0. The highest BCUT2D eigenvalue weighted by Gasteiger charge is 2.34. The Labute approximate surface area is 252 Å². The SMILES string of the molecule is CC/C=C\C/C=C\C/C=C\C/C=C\C/C=C\C/C=C\CCCSC(CC)(CC)C(=O)Cc1ccc(O)c(C(=O)O)c1. The van der Waals surface area contributed by atoms with Gasteiger partial charge in [0.05, 0.1) is 4.75 Å². The number of hydrogen-bond donors (Lipinski definition) is 2. The van der Waals surface area contributed by atoms with Crippen molar-refractivity contribution in [2.45, 2.75) is 96.1 Å². The van der Waals surface area contributed by atoms with E-state index in [2.05, 4.69) is 79.8 Å². The predicted octanol–water partition coefficient (Wildman–Crippen LogP) is 9.97. The molecule has 0 aliphatic heterocycles. The van der Waals surface area contributed by atoms with Crippen LogP contribution in [0.2, 0.25) is 0 Å². The molecular weight excluding hydrogens is 528 g/mol. The third kappa shape index (κ3) is 15.5. The second kappa shape index (κ2) is 22.6. The fraction of sp³-hybridized carbons (Fsp3) is 0.444. The summed E-state index contributed by atoms with van der Waals surface area (Å²) in [7, 11) is 0. The number of carboxylic acid groups (broad SMARTS) is 1. The molecule has 0 atom stereocenters. The van der Waals surface area contributed by atoms with Gasteiger partial charge in [0.2, 0.25) is 0 Å². The Kier molecular flexibility index (Phi) is 19.8. The van der Waals surface area contributed by atoms with E-state index in [-0.39, 0.29) is 23.5 Å². The molecular formula is C36H50O4S. The largest absolute Gasteiger partial charge is 0.507 e. The van der Waals surface area contributed by atoms with Crippen LogP contribution in [0.5, 0.6) is 5.75 Å². The zero-order valence-electron chi connectivity index (χ0n) is 25.3. The van der Waals surface area contributed by atoms with Gasteiger partial charge in [-0.3, -0.25) is 4.79 Å². The molecule has 0 saturated heterocycles. The molecule has 41 heavy (non-hydrogen) atoms. The van der Waals surface area contributed by atoms with Crippen molar-refractivity contribution in [1.82, 2.24) is 0 Å². The van der Waals surface area contributed by atoms with Crippen LogP contribution in [0.15, 0.2) is 91.1 Å². The van der Waals surface area contributed by atoms with Gasteiger partial charge in [-0.2, -0.15) is 0 Å². The zero-order chi connectivity index (χ0) is 30.2. The molecule has 0 aliphatic carbocycles. The number of unbranched alkanes of at least 4 members (excludes halogenated alkanes) is 1. The summed E-state index contributed by atoms with van der Waals surface area (Å²) in [6, 6.07) is 4.38. The van der Waals surface area contributed by atoms with Crippen molar-refractivity contribution in [3.05, 3.63) is 102 Å². The third-order valence-corrected chi connectivity index (χ3v) is 8.65. The van der Waals surface area contributed by atoms with Crippen LogP contribution in [0.3, 0.4) is 0 Å². The number of rotatable bonds is 22. The second-order valence-electron chi connectivity index (χ2n) is 9.86. The van der Waals surface area contributed by atoms with Crippen LogP contribution in [-0.2, 0) is 11.2 Å². The van der Waals surface area contributed by atoms with Gasteiger partial charge in [0.25, 0.3) is 0 Å². The number of thioether (sulfide) groups is 1. The van der Waals surface area contributed by atoms with Crippen LogP contribution in [0.1, 0.15) is 101 Å². The first kappa shape index (κ1) is 36.0. The number of ketones is 1. The van der Waals surface area contributed by atoms with E-state index in [0.717, 1.165) is 70.0 Å². The first-order valence-electron chi connectivity index (χ1n) is 15.0. The van der Waals surface area contributed by atoms with Crippen LogP contribution in [0.4, 0.5) is 0 Å². The average Bonchev–Trinajstić information content (AvgIpc) is 2.97. The number of carbonyl (C=O) groups excluding carboxylic acids is 1. The van der Waals surface area contributed by atoms with Gasteiger partial charge < -0.3 is 10.2 Å². The molecule has 0 spiro atoms. The lowest BCUT2D eigenvalue weighted by Gasteiger charge is -2.29. The maximum absolute atomic E-state index is 13.2. The molecule has 0 fully saturated rings. The minimum atomic E-state index is -1.20. The number of aromatic carboxylic acids is 1. The van der Waals surface area contributed by atoms with Crippen molar-refractivity contribution in [1.29, 1.82) is 0 Å². The normalized spacial score (nSPS) is 12.9. The van der Waals surface area contributed by atoms with Crippen LogP contribution >= 0.6 is 11.8 Å². The van der Waals surface area contributed by atoms with Gasteiger partial charge in [-0.25, -0.2) is 4.79 Å². The van der Waals surface area contributed by atoms with Crippen LogP contribution in [0, 0.1) is 0 Å². The van der Waals surface area contributed by atoms with Gasteiger partial charge in [0.1, 0.15) is 11.3 Å². The van der Waals surface area contributed by atoms with E-state index in [1.165, 1.54) is 12.1 Å². The van der Waals surface area contributed by atoms with Gasteiger partial charge in [-0.15, -0.1) is 11.8 Å². The molecule has 0 bridgehead atoms. The summed E-state index contributed by atoms with van der Waals surface area (Å²) in [5, 5.41) is 19.0. The molecule has 0 aromatic heterocycles. The molecule has 0 heterocycles. The number of aromatic hydroxyl groups is 1. The monoisotopic (exact) mass is 578 g/mol. The van der Waals surface area contributed by atoms with Gasteiger partial charge in [0, 0.05) is 6.42 Å². The van der Waals surface area contributed by atoms with Crippen LogP contribution < -0.4 is 0 Å². The molecule has 0 aliphatic rings. The maximum atomic E-state index is 13.2. The third-order valence-electron chi connectivity index (χ3n) is 6.80. The average molecular weight is 579 g/mol. The van der Waals surface area contributed by atoms with E-state index in [0.29, 0.717) is 5.56 Å². The number of allylic oxidation sites excluding steroid dienone is 12. The topological polar surface area (TPSA) is 74.6 Å². The van der Waals surface area contributed by atoms with Gasteiger partial charge in [-0.1, -0.05) is 99.7 Å². The molecule has 224 valence electrons. The minimum Gasteiger partial charge on any atom is -0.507 e. The molecule has 1 rings (SSSR count). The second-order valence-corrected chi connectivity index (χ2v) is 11.3. The van der Waals surface area contributed by atoms with Crippen molar-refractivity contribution in [3.8, 4) is 5.75 Å². The lowest BCUT2D eigenvalue weighted by molar-refractivity contribution is -0.120. The van der Waals surface area contributed by atoms with Gasteiger partial charge >= 0.3 is 5.97 Å². The molecule has 5 heteroatoms. The fourth-order valence-corrected chi connectivity index (χ4v) is 5.59. The minimum absolute atomic E-state index is 0.114. The van der Waals surface area contributed by atoms with Crippen molar-refractivity contribution in [2.24, 2.45) is 0 Å². The van der Waals surface area contributed by atoms with Crippen LogP contribution in [0.25, 0.3) is 0 Å².